The molecule has 0 fully saturated rings. The van der Waals surface area contributed by atoms with Gasteiger partial charge in [0.15, 0.2) is 0 Å². The Morgan fingerprint density at radius 3 is 1.85 bits per heavy atom. The predicted octanol–water partition coefficient (Wildman–Crippen LogP) is 5.25. The first-order valence-electron chi connectivity index (χ1n) is 8.07. The minimum absolute atomic E-state index is 0.410. The van der Waals surface area contributed by atoms with Crippen LogP contribution in [0.3, 0.4) is 0 Å². The maximum atomic E-state index is 9.45. The number of nitrogens with zero attached hydrogens (tertiary/aromatic N) is 4. The van der Waals surface area contributed by atoms with Gasteiger partial charge in [0.2, 0.25) is 0 Å². The molecule has 0 aliphatic rings. The van der Waals surface area contributed by atoms with E-state index in [0.717, 1.165) is 31.9 Å². The highest BCUT2D eigenvalue weighted by molar-refractivity contribution is 7.21. The number of hydrogen-bond acceptors (Lipinski definition) is 5. The van der Waals surface area contributed by atoms with Gasteiger partial charge in [0.25, 0.3) is 0 Å². The van der Waals surface area contributed by atoms with Crippen molar-refractivity contribution in [1.82, 2.24) is 4.98 Å². The van der Waals surface area contributed by atoms with Crippen LogP contribution < -0.4 is 0 Å². The minimum atomic E-state index is 0.410. The molecule has 1 heterocycles. The van der Waals surface area contributed by atoms with Crippen LogP contribution in [0, 0.1) is 34.0 Å². The fourth-order valence-electron chi connectivity index (χ4n) is 2.90. The fourth-order valence-corrected chi connectivity index (χ4v) is 3.85. The van der Waals surface area contributed by atoms with Crippen LogP contribution in [-0.4, -0.2) is 4.98 Å². The second kappa shape index (κ2) is 6.73. The lowest BCUT2D eigenvalue weighted by atomic mass is 9.97. The number of aromatic nitrogens is 1. The molecule has 0 N–H and O–H groups in total. The molecule has 0 saturated carbocycles. The third-order valence-corrected chi connectivity index (χ3v) is 5.21. The van der Waals surface area contributed by atoms with Gasteiger partial charge >= 0.3 is 0 Å². The predicted molar refractivity (Wildman–Crippen MR) is 105 cm³/mol. The zero-order valence-electron chi connectivity index (χ0n) is 14.0. The molecule has 0 aliphatic carbocycles. The lowest BCUT2D eigenvalue weighted by Crippen LogP contribution is -1.88. The molecule has 4 rings (SSSR count). The van der Waals surface area contributed by atoms with Crippen molar-refractivity contribution in [3.8, 4) is 39.9 Å². The van der Waals surface area contributed by atoms with Crippen molar-refractivity contribution in [3.05, 3.63) is 77.4 Å². The summed E-state index contributed by atoms with van der Waals surface area (Å²) in [6.45, 7) is 0. The van der Waals surface area contributed by atoms with E-state index >= 15 is 0 Å². The van der Waals surface area contributed by atoms with E-state index in [1.807, 2.05) is 30.3 Å². The molecular formula is C22H10N4S. The van der Waals surface area contributed by atoms with Crippen LogP contribution >= 0.6 is 11.3 Å². The normalized spacial score (nSPS) is 10.1. The van der Waals surface area contributed by atoms with Crippen molar-refractivity contribution in [3.63, 3.8) is 0 Å². The van der Waals surface area contributed by atoms with Crippen molar-refractivity contribution in [1.29, 1.82) is 15.8 Å². The quantitative estimate of drug-likeness (QED) is 0.488. The lowest BCUT2D eigenvalue weighted by molar-refractivity contribution is 1.43. The Hall–Kier alpha value is -3.98. The summed E-state index contributed by atoms with van der Waals surface area (Å²) in [5.41, 5.74) is 4.58. The first-order chi connectivity index (χ1) is 13.2. The van der Waals surface area contributed by atoms with Crippen LogP contribution in [0.1, 0.15) is 16.7 Å². The number of rotatable bonds is 2. The molecule has 0 radical (unpaired) electrons. The highest BCUT2D eigenvalue weighted by Gasteiger charge is 2.11. The van der Waals surface area contributed by atoms with Crippen LogP contribution in [0.2, 0.25) is 0 Å². The SMILES string of the molecule is N#Cc1cc(C#N)cc(-c2cc(C#N)cc(-c3nc4ccccc4s3)c2)c1. The second-order valence-electron chi connectivity index (χ2n) is 5.92. The smallest absolute Gasteiger partial charge is 0.124 e. The summed E-state index contributed by atoms with van der Waals surface area (Å²) in [6.07, 6.45) is 0. The molecular weight excluding hydrogens is 352 g/mol. The van der Waals surface area contributed by atoms with Crippen molar-refractivity contribution in [2.75, 3.05) is 0 Å². The summed E-state index contributed by atoms with van der Waals surface area (Å²) in [4.78, 5) is 4.67. The van der Waals surface area contributed by atoms with E-state index in [1.54, 1.807) is 41.7 Å². The number of para-hydroxylation sites is 1. The zero-order valence-corrected chi connectivity index (χ0v) is 14.8. The average molecular weight is 362 g/mol. The lowest BCUT2D eigenvalue weighted by Gasteiger charge is -2.07. The highest BCUT2D eigenvalue weighted by Crippen LogP contribution is 2.34. The van der Waals surface area contributed by atoms with Crippen LogP contribution in [0.4, 0.5) is 0 Å². The number of hydrogen-bond donors (Lipinski definition) is 0. The maximum absolute atomic E-state index is 9.45. The van der Waals surface area contributed by atoms with Crippen LogP contribution in [0.15, 0.2) is 60.7 Å². The van der Waals surface area contributed by atoms with Gasteiger partial charge in [-0.2, -0.15) is 15.8 Å². The van der Waals surface area contributed by atoms with Gasteiger partial charge in [-0.25, -0.2) is 4.98 Å². The summed E-state index contributed by atoms with van der Waals surface area (Å²) in [6, 6.07) is 24.7. The third kappa shape index (κ3) is 3.14. The molecule has 0 amide bonds. The molecule has 124 valence electrons. The Bertz CT molecular complexity index is 1250. The Kier molecular flexibility index (Phi) is 4.11. The summed E-state index contributed by atoms with van der Waals surface area (Å²) in [5, 5.41) is 28.7. The Morgan fingerprint density at radius 1 is 0.667 bits per heavy atom. The van der Waals surface area contributed by atoms with Crippen molar-refractivity contribution >= 4 is 21.6 Å². The van der Waals surface area contributed by atoms with Gasteiger partial charge in [0.1, 0.15) is 5.01 Å². The van der Waals surface area contributed by atoms with Gasteiger partial charge in [-0.1, -0.05) is 12.1 Å². The van der Waals surface area contributed by atoms with Crippen molar-refractivity contribution in [2.24, 2.45) is 0 Å². The number of nitriles is 3. The van der Waals surface area contributed by atoms with Crippen LogP contribution in [0.25, 0.3) is 31.9 Å². The molecule has 4 aromatic rings. The van der Waals surface area contributed by atoms with Crippen LogP contribution in [-0.2, 0) is 0 Å². The van der Waals surface area contributed by atoms with Gasteiger partial charge in [-0.3, -0.25) is 0 Å². The molecule has 0 aliphatic heterocycles. The molecule has 4 nitrogen and oxygen atoms in total. The molecule has 0 bridgehead atoms. The van der Waals surface area contributed by atoms with E-state index < -0.39 is 0 Å². The van der Waals surface area contributed by atoms with E-state index in [0.29, 0.717) is 16.7 Å². The Morgan fingerprint density at radius 2 is 1.22 bits per heavy atom. The fraction of sp³-hybridized carbons (Fsp3) is 0. The van der Waals surface area contributed by atoms with Gasteiger partial charge in [0.05, 0.1) is 45.1 Å². The summed E-state index contributed by atoms with van der Waals surface area (Å²) in [7, 11) is 0. The van der Waals surface area contributed by atoms with Crippen molar-refractivity contribution in [2.45, 2.75) is 0 Å². The molecule has 27 heavy (non-hydrogen) atoms. The molecule has 0 spiro atoms. The number of fused-ring (bicyclic) bond motifs is 1. The Balaban J connectivity index is 1.91. The highest BCUT2D eigenvalue weighted by atomic mass is 32.1. The molecule has 0 saturated heterocycles. The Labute approximate surface area is 159 Å². The van der Waals surface area contributed by atoms with E-state index in [9.17, 15) is 15.8 Å². The number of thiazole rings is 1. The third-order valence-electron chi connectivity index (χ3n) is 4.13. The summed E-state index contributed by atoms with van der Waals surface area (Å²) in [5.74, 6) is 0. The molecule has 5 heteroatoms. The van der Waals surface area contributed by atoms with Gasteiger partial charge in [-0.15, -0.1) is 11.3 Å². The zero-order chi connectivity index (χ0) is 18.8. The standard InChI is InChI=1S/C22H10N4S/c23-11-14-5-15(12-24)7-17(6-14)18-8-16(13-25)9-19(10-18)22-26-20-3-1-2-4-21(20)27-22/h1-10H. The summed E-state index contributed by atoms with van der Waals surface area (Å²) >= 11 is 1.56. The second-order valence-corrected chi connectivity index (χ2v) is 6.95. The minimum Gasteiger partial charge on any atom is -0.236 e. The van der Waals surface area contributed by atoms with Gasteiger partial charge in [-0.05, 0) is 59.7 Å². The van der Waals surface area contributed by atoms with E-state index in [4.69, 9.17) is 0 Å². The monoisotopic (exact) mass is 362 g/mol. The largest absolute Gasteiger partial charge is 0.236 e. The molecule has 0 atom stereocenters. The maximum Gasteiger partial charge on any atom is 0.124 e. The van der Waals surface area contributed by atoms with E-state index in [-0.39, 0.29) is 0 Å². The van der Waals surface area contributed by atoms with Gasteiger partial charge in [0, 0.05) is 5.56 Å². The molecule has 1 aromatic heterocycles. The van der Waals surface area contributed by atoms with Crippen LogP contribution in [0.5, 0.6) is 0 Å². The van der Waals surface area contributed by atoms with Crippen molar-refractivity contribution < 1.29 is 0 Å². The first kappa shape index (κ1) is 16.5. The summed E-state index contributed by atoms with van der Waals surface area (Å²) < 4.78 is 1.08. The number of benzene rings is 3. The van der Waals surface area contributed by atoms with E-state index in [2.05, 4.69) is 23.2 Å². The average Bonchev–Trinajstić information content (AvgIpc) is 3.17. The molecule has 0 unspecified atom stereocenters. The van der Waals surface area contributed by atoms with Gasteiger partial charge < -0.3 is 0 Å². The topological polar surface area (TPSA) is 84.3 Å². The first-order valence-corrected chi connectivity index (χ1v) is 8.88. The van der Waals surface area contributed by atoms with E-state index in [1.165, 1.54) is 0 Å². The molecule has 3 aromatic carbocycles.